The van der Waals surface area contributed by atoms with Gasteiger partial charge in [-0.3, -0.25) is 9.78 Å². The summed E-state index contributed by atoms with van der Waals surface area (Å²) in [6, 6.07) is 8.86. The van der Waals surface area contributed by atoms with Gasteiger partial charge in [0.2, 0.25) is 0 Å². The van der Waals surface area contributed by atoms with Crippen molar-refractivity contribution in [3.63, 3.8) is 0 Å². The third kappa shape index (κ3) is 2.48. The summed E-state index contributed by atoms with van der Waals surface area (Å²) in [5.74, 6) is 0.478. The second kappa shape index (κ2) is 5.31. The van der Waals surface area contributed by atoms with E-state index in [1.54, 1.807) is 36.7 Å². The molecule has 0 fully saturated rings. The Hall–Kier alpha value is -2.36. The van der Waals surface area contributed by atoms with Crippen molar-refractivity contribution in [2.24, 2.45) is 0 Å². The predicted octanol–water partition coefficient (Wildman–Crippen LogP) is 2.10. The first kappa shape index (κ1) is 12.1. The molecule has 1 aromatic heterocycles. The highest BCUT2D eigenvalue weighted by atomic mass is 16.5. The Bertz CT molecular complexity index is 553. The highest BCUT2D eigenvalue weighted by molar-refractivity contribution is 6.02. The van der Waals surface area contributed by atoms with Crippen molar-refractivity contribution in [3.05, 3.63) is 53.9 Å². The summed E-state index contributed by atoms with van der Waals surface area (Å²) in [6.07, 6.45) is 3.63. The van der Waals surface area contributed by atoms with E-state index in [-0.39, 0.29) is 12.2 Å². The van der Waals surface area contributed by atoms with Crippen LogP contribution in [0.15, 0.2) is 42.7 Å². The number of rotatable bonds is 4. The van der Waals surface area contributed by atoms with Crippen LogP contribution in [-0.4, -0.2) is 17.9 Å². The summed E-state index contributed by atoms with van der Waals surface area (Å²) in [4.78, 5) is 16.1. The smallest absolute Gasteiger partial charge is 0.169 e. The number of para-hydroxylation sites is 1. The molecule has 0 bridgehead atoms. The number of nitrogens with two attached hydrogens (primary N) is 1. The molecule has 4 heteroatoms. The average Bonchev–Trinajstić information content (AvgIpc) is 2.40. The molecule has 1 heterocycles. The van der Waals surface area contributed by atoms with Crippen molar-refractivity contribution in [1.29, 1.82) is 0 Å². The molecule has 2 N–H and O–H groups in total. The van der Waals surface area contributed by atoms with Gasteiger partial charge < -0.3 is 10.5 Å². The number of anilines is 1. The van der Waals surface area contributed by atoms with Crippen LogP contribution in [0.2, 0.25) is 0 Å². The molecule has 0 spiro atoms. The van der Waals surface area contributed by atoms with Crippen molar-refractivity contribution < 1.29 is 9.53 Å². The molecule has 1 aromatic carbocycles. The Morgan fingerprint density at radius 1 is 1.33 bits per heavy atom. The molecule has 0 saturated carbocycles. The van der Waals surface area contributed by atoms with E-state index < -0.39 is 0 Å². The Balaban J connectivity index is 2.24. The van der Waals surface area contributed by atoms with Crippen LogP contribution in [0, 0.1) is 0 Å². The Labute approximate surface area is 105 Å². The Morgan fingerprint density at radius 2 is 2.17 bits per heavy atom. The van der Waals surface area contributed by atoms with Gasteiger partial charge in [0.1, 0.15) is 5.75 Å². The first-order valence-electron chi connectivity index (χ1n) is 5.57. The Morgan fingerprint density at radius 3 is 2.83 bits per heavy atom. The van der Waals surface area contributed by atoms with Gasteiger partial charge in [0, 0.05) is 24.4 Å². The van der Waals surface area contributed by atoms with Gasteiger partial charge in [0.15, 0.2) is 5.78 Å². The van der Waals surface area contributed by atoms with E-state index in [9.17, 15) is 4.79 Å². The number of Topliss-reactive ketones (excluding diaryl/α,β-unsaturated/α-hetero) is 1. The molecule has 0 radical (unpaired) electrons. The third-order valence-electron chi connectivity index (χ3n) is 2.67. The zero-order valence-corrected chi connectivity index (χ0v) is 10.1. The number of pyridine rings is 1. The summed E-state index contributed by atoms with van der Waals surface area (Å²) in [5.41, 5.74) is 7.62. The van der Waals surface area contributed by atoms with Crippen molar-refractivity contribution in [2.75, 3.05) is 12.8 Å². The van der Waals surface area contributed by atoms with Crippen LogP contribution in [0.5, 0.6) is 5.75 Å². The molecule has 0 aliphatic heterocycles. The molecule has 18 heavy (non-hydrogen) atoms. The number of ether oxygens (including phenoxy) is 1. The number of hydrogen-bond donors (Lipinski definition) is 1. The summed E-state index contributed by atoms with van der Waals surface area (Å²) < 4.78 is 5.10. The number of ketones is 1. The Kier molecular flexibility index (Phi) is 3.57. The van der Waals surface area contributed by atoms with Crippen LogP contribution in [0.3, 0.4) is 0 Å². The minimum Gasteiger partial charge on any atom is -0.495 e. The highest BCUT2D eigenvalue weighted by Gasteiger charge is 2.13. The fourth-order valence-electron chi connectivity index (χ4n) is 1.75. The standard InChI is InChI=1S/C14H14N2O2/c1-18-13-6-2-5-11(14(13)15)12(17)8-10-4-3-7-16-9-10/h2-7,9H,8,15H2,1H3. The SMILES string of the molecule is COc1cccc(C(=O)Cc2cccnc2)c1N. The summed E-state index contributed by atoms with van der Waals surface area (Å²) in [7, 11) is 1.53. The van der Waals surface area contributed by atoms with Crippen molar-refractivity contribution >= 4 is 11.5 Å². The normalized spacial score (nSPS) is 10.1. The largest absolute Gasteiger partial charge is 0.495 e. The number of benzene rings is 1. The monoisotopic (exact) mass is 242 g/mol. The van der Waals surface area contributed by atoms with Crippen LogP contribution in [-0.2, 0) is 6.42 Å². The lowest BCUT2D eigenvalue weighted by molar-refractivity contribution is 0.0993. The fraction of sp³-hybridized carbons (Fsp3) is 0.143. The van der Waals surface area contributed by atoms with Crippen molar-refractivity contribution in [1.82, 2.24) is 4.98 Å². The van der Waals surface area contributed by atoms with Gasteiger partial charge in [-0.05, 0) is 23.8 Å². The quantitative estimate of drug-likeness (QED) is 0.658. The molecule has 0 atom stereocenters. The number of nitrogens with zero attached hydrogens (tertiary/aromatic N) is 1. The molecule has 2 aromatic rings. The molecular formula is C14H14N2O2. The van der Waals surface area contributed by atoms with E-state index in [0.29, 0.717) is 17.0 Å². The molecule has 0 unspecified atom stereocenters. The van der Waals surface area contributed by atoms with Gasteiger partial charge in [-0.2, -0.15) is 0 Å². The van der Waals surface area contributed by atoms with E-state index in [0.717, 1.165) is 5.56 Å². The van der Waals surface area contributed by atoms with E-state index in [4.69, 9.17) is 10.5 Å². The first-order valence-corrected chi connectivity index (χ1v) is 5.57. The van der Waals surface area contributed by atoms with Gasteiger partial charge in [-0.25, -0.2) is 0 Å². The number of methoxy groups -OCH3 is 1. The van der Waals surface area contributed by atoms with Gasteiger partial charge >= 0.3 is 0 Å². The zero-order chi connectivity index (χ0) is 13.0. The lowest BCUT2D eigenvalue weighted by Gasteiger charge is -2.08. The van der Waals surface area contributed by atoms with Gasteiger partial charge in [0.25, 0.3) is 0 Å². The van der Waals surface area contributed by atoms with Crippen molar-refractivity contribution in [3.8, 4) is 5.75 Å². The van der Waals surface area contributed by atoms with Crippen LogP contribution in [0.25, 0.3) is 0 Å². The molecular weight excluding hydrogens is 228 g/mol. The van der Waals surface area contributed by atoms with Gasteiger partial charge in [0.05, 0.1) is 12.8 Å². The van der Waals surface area contributed by atoms with Gasteiger partial charge in [-0.1, -0.05) is 12.1 Å². The lowest BCUT2D eigenvalue weighted by atomic mass is 10.0. The highest BCUT2D eigenvalue weighted by Crippen LogP contribution is 2.25. The number of nitrogen functional groups attached to an aromatic ring is 1. The third-order valence-corrected chi connectivity index (χ3v) is 2.67. The van der Waals surface area contributed by atoms with Crippen LogP contribution in [0.4, 0.5) is 5.69 Å². The minimum atomic E-state index is -0.0422. The maximum Gasteiger partial charge on any atom is 0.169 e. The summed E-state index contributed by atoms with van der Waals surface area (Å²) >= 11 is 0. The number of carbonyl (C=O) groups excluding carboxylic acids is 1. The second-order valence-corrected chi connectivity index (χ2v) is 3.88. The topological polar surface area (TPSA) is 65.2 Å². The number of aromatic nitrogens is 1. The lowest BCUT2D eigenvalue weighted by Crippen LogP contribution is -2.08. The predicted molar refractivity (Wildman–Crippen MR) is 69.7 cm³/mol. The van der Waals surface area contributed by atoms with Crippen LogP contribution in [0.1, 0.15) is 15.9 Å². The van der Waals surface area contributed by atoms with E-state index in [2.05, 4.69) is 4.98 Å². The molecule has 4 nitrogen and oxygen atoms in total. The van der Waals surface area contributed by atoms with Crippen molar-refractivity contribution in [2.45, 2.75) is 6.42 Å². The molecule has 0 saturated heterocycles. The maximum absolute atomic E-state index is 12.1. The molecule has 0 aliphatic carbocycles. The average molecular weight is 242 g/mol. The van der Waals surface area contributed by atoms with Gasteiger partial charge in [-0.15, -0.1) is 0 Å². The molecule has 0 aliphatic rings. The van der Waals surface area contributed by atoms with Crippen LogP contribution < -0.4 is 10.5 Å². The molecule has 2 rings (SSSR count). The maximum atomic E-state index is 12.1. The molecule has 0 amide bonds. The second-order valence-electron chi connectivity index (χ2n) is 3.88. The fourth-order valence-corrected chi connectivity index (χ4v) is 1.75. The number of hydrogen-bond acceptors (Lipinski definition) is 4. The zero-order valence-electron chi connectivity index (χ0n) is 10.1. The number of carbonyl (C=O) groups is 1. The minimum absolute atomic E-state index is 0.0422. The van der Waals surface area contributed by atoms with Crippen LogP contribution >= 0.6 is 0 Å². The summed E-state index contributed by atoms with van der Waals surface area (Å²) in [5, 5.41) is 0. The molecule has 92 valence electrons. The summed E-state index contributed by atoms with van der Waals surface area (Å²) in [6.45, 7) is 0. The van der Waals surface area contributed by atoms with E-state index in [1.807, 2.05) is 6.07 Å². The van der Waals surface area contributed by atoms with E-state index in [1.165, 1.54) is 7.11 Å². The first-order chi connectivity index (χ1) is 8.72. The van der Waals surface area contributed by atoms with E-state index >= 15 is 0 Å².